The molecular weight excluding hydrogens is 196 g/mol. The zero-order valence-corrected chi connectivity index (χ0v) is 9.41. The molecule has 0 aromatic rings. The molecule has 15 heavy (non-hydrogen) atoms. The first-order valence-electron chi connectivity index (χ1n) is 5.15. The summed E-state index contributed by atoms with van der Waals surface area (Å²) in [5.74, 6) is -1.48. The summed E-state index contributed by atoms with van der Waals surface area (Å²) in [7, 11) is 0. The Bertz CT molecular complexity index is 276. The van der Waals surface area contributed by atoms with Crippen LogP contribution in [-0.4, -0.2) is 47.1 Å². The lowest BCUT2D eigenvalue weighted by Crippen LogP contribution is -2.52. The molecule has 0 saturated carbocycles. The predicted molar refractivity (Wildman–Crippen MR) is 55.5 cm³/mol. The lowest BCUT2D eigenvalue weighted by molar-refractivity contribution is -0.142. The van der Waals surface area contributed by atoms with E-state index in [9.17, 15) is 9.59 Å². The molecule has 2 N–H and O–H groups in total. The summed E-state index contributed by atoms with van der Waals surface area (Å²) >= 11 is 0. The van der Waals surface area contributed by atoms with Crippen LogP contribution < -0.4 is 5.32 Å². The Balaban J connectivity index is 2.89. The zero-order valence-electron chi connectivity index (χ0n) is 9.41. The van der Waals surface area contributed by atoms with Crippen LogP contribution in [0.2, 0.25) is 0 Å². The molecule has 5 heteroatoms. The van der Waals surface area contributed by atoms with Crippen LogP contribution in [0, 0.1) is 5.92 Å². The second kappa shape index (κ2) is 4.18. The molecule has 1 atom stereocenters. The summed E-state index contributed by atoms with van der Waals surface area (Å²) in [5, 5.41) is 11.6. The molecule has 0 aliphatic carbocycles. The molecule has 0 radical (unpaired) electrons. The van der Waals surface area contributed by atoms with E-state index in [1.165, 1.54) is 0 Å². The molecule has 1 aliphatic rings. The summed E-state index contributed by atoms with van der Waals surface area (Å²) in [4.78, 5) is 24.5. The van der Waals surface area contributed by atoms with E-state index < -0.39 is 17.4 Å². The standard InChI is InChI=1S/C10H18N2O3/c1-4-12-6-7(8(13)14)5-11-9(15)10(12,2)3/h7H,4-6H2,1-3H3,(H,11,15)(H,13,14). The lowest BCUT2D eigenvalue weighted by atomic mass is 10.0. The van der Waals surface area contributed by atoms with Gasteiger partial charge in [-0.25, -0.2) is 0 Å². The molecule has 1 aliphatic heterocycles. The van der Waals surface area contributed by atoms with E-state index in [1.807, 2.05) is 25.7 Å². The molecule has 1 unspecified atom stereocenters. The zero-order chi connectivity index (χ0) is 11.6. The molecule has 1 saturated heterocycles. The number of carboxylic acids is 1. The molecule has 86 valence electrons. The Morgan fingerprint density at radius 3 is 2.73 bits per heavy atom. The summed E-state index contributed by atoms with van der Waals surface area (Å²) in [6.07, 6.45) is 0. The Hall–Kier alpha value is -1.10. The third kappa shape index (κ3) is 2.28. The van der Waals surface area contributed by atoms with Gasteiger partial charge in [-0.15, -0.1) is 0 Å². The Labute approximate surface area is 89.4 Å². The fraction of sp³-hybridized carbons (Fsp3) is 0.800. The highest BCUT2D eigenvalue weighted by molar-refractivity contribution is 5.86. The molecule has 1 rings (SSSR count). The molecule has 1 fully saturated rings. The van der Waals surface area contributed by atoms with Crippen LogP contribution in [0.4, 0.5) is 0 Å². The van der Waals surface area contributed by atoms with Crippen molar-refractivity contribution in [2.45, 2.75) is 26.3 Å². The Morgan fingerprint density at radius 2 is 2.27 bits per heavy atom. The molecule has 0 aromatic heterocycles. The third-order valence-electron chi connectivity index (χ3n) is 3.03. The van der Waals surface area contributed by atoms with E-state index in [4.69, 9.17) is 5.11 Å². The number of hydrogen-bond donors (Lipinski definition) is 2. The van der Waals surface area contributed by atoms with Crippen molar-refractivity contribution in [3.05, 3.63) is 0 Å². The highest BCUT2D eigenvalue weighted by Crippen LogP contribution is 2.19. The van der Waals surface area contributed by atoms with Crippen molar-refractivity contribution in [1.29, 1.82) is 0 Å². The average molecular weight is 214 g/mol. The van der Waals surface area contributed by atoms with Crippen LogP contribution in [0.1, 0.15) is 20.8 Å². The van der Waals surface area contributed by atoms with E-state index in [-0.39, 0.29) is 12.5 Å². The van der Waals surface area contributed by atoms with Crippen molar-refractivity contribution in [2.75, 3.05) is 19.6 Å². The second-order valence-corrected chi connectivity index (χ2v) is 4.34. The van der Waals surface area contributed by atoms with E-state index in [0.717, 1.165) is 0 Å². The smallest absolute Gasteiger partial charge is 0.309 e. The van der Waals surface area contributed by atoms with Crippen LogP contribution >= 0.6 is 0 Å². The number of carbonyl (C=O) groups is 2. The van der Waals surface area contributed by atoms with E-state index in [1.54, 1.807) is 0 Å². The molecule has 1 amide bonds. The summed E-state index contributed by atoms with van der Waals surface area (Å²) in [6.45, 7) is 6.86. The second-order valence-electron chi connectivity index (χ2n) is 4.34. The Kier molecular flexibility index (Phi) is 3.34. The van der Waals surface area contributed by atoms with Crippen LogP contribution in [0.5, 0.6) is 0 Å². The number of rotatable bonds is 2. The molecule has 1 heterocycles. The van der Waals surface area contributed by atoms with E-state index in [0.29, 0.717) is 13.1 Å². The van der Waals surface area contributed by atoms with Gasteiger partial charge in [-0.3, -0.25) is 14.5 Å². The van der Waals surface area contributed by atoms with Crippen LogP contribution in [-0.2, 0) is 9.59 Å². The SMILES string of the molecule is CCN1CC(C(=O)O)CNC(=O)C1(C)C. The number of carbonyl (C=O) groups excluding carboxylic acids is 1. The van der Waals surface area contributed by atoms with Crippen LogP contribution in [0.25, 0.3) is 0 Å². The quantitative estimate of drug-likeness (QED) is 0.674. The first kappa shape index (κ1) is 12.0. The predicted octanol–water partition coefficient (Wildman–Crippen LogP) is -0.0825. The van der Waals surface area contributed by atoms with Crippen molar-refractivity contribution in [1.82, 2.24) is 10.2 Å². The number of likely N-dealkylation sites (N-methyl/N-ethyl adjacent to an activating group) is 1. The lowest BCUT2D eigenvalue weighted by Gasteiger charge is -2.34. The number of carboxylic acid groups (broad SMARTS) is 1. The van der Waals surface area contributed by atoms with E-state index in [2.05, 4.69) is 5.32 Å². The van der Waals surface area contributed by atoms with Gasteiger partial charge in [-0.05, 0) is 20.4 Å². The maximum atomic E-state index is 11.7. The molecule has 5 nitrogen and oxygen atoms in total. The minimum absolute atomic E-state index is 0.104. The Morgan fingerprint density at radius 1 is 1.67 bits per heavy atom. The van der Waals surface area contributed by atoms with Gasteiger partial charge in [0.15, 0.2) is 0 Å². The number of aliphatic carboxylic acids is 1. The van der Waals surface area contributed by atoms with Crippen molar-refractivity contribution in [3.63, 3.8) is 0 Å². The van der Waals surface area contributed by atoms with Gasteiger partial charge in [0, 0.05) is 13.1 Å². The largest absolute Gasteiger partial charge is 0.481 e. The highest BCUT2D eigenvalue weighted by Gasteiger charge is 2.39. The van der Waals surface area contributed by atoms with Crippen molar-refractivity contribution < 1.29 is 14.7 Å². The van der Waals surface area contributed by atoms with E-state index >= 15 is 0 Å². The van der Waals surface area contributed by atoms with Crippen LogP contribution in [0.15, 0.2) is 0 Å². The van der Waals surface area contributed by atoms with Gasteiger partial charge in [-0.1, -0.05) is 6.92 Å². The maximum Gasteiger partial charge on any atom is 0.309 e. The van der Waals surface area contributed by atoms with Gasteiger partial charge in [0.2, 0.25) is 5.91 Å². The van der Waals surface area contributed by atoms with Crippen molar-refractivity contribution in [3.8, 4) is 0 Å². The van der Waals surface area contributed by atoms with Gasteiger partial charge in [0.1, 0.15) is 0 Å². The summed E-state index contributed by atoms with van der Waals surface area (Å²) in [5.41, 5.74) is -0.626. The first-order chi connectivity index (χ1) is 6.89. The minimum atomic E-state index is -0.855. The fourth-order valence-corrected chi connectivity index (χ4v) is 1.82. The highest BCUT2D eigenvalue weighted by atomic mass is 16.4. The molecule has 0 aromatic carbocycles. The van der Waals surface area contributed by atoms with Crippen LogP contribution in [0.3, 0.4) is 0 Å². The average Bonchev–Trinajstić information content (AvgIpc) is 2.26. The summed E-state index contributed by atoms with van der Waals surface area (Å²) in [6, 6.07) is 0. The number of amides is 1. The third-order valence-corrected chi connectivity index (χ3v) is 3.03. The molecule has 0 bridgehead atoms. The fourth-order valence-electron chi connectivity index (χ4n) is 1.82. The number of nitrogens with one attached hydrogen (secondary N) is 1. The van der Waals surface area contributed by atoms with Gasteiger partial charge in [0.05, 0.1) is 11.5 Å². The number of nitrogens with zero attached hydrogens (tertiary/aromatic N) is 1. The van der Waals surface area contributed by atoms with Crippen molar-refractivity contribution in [2.24, 2.45) is 5.92 Å². The maximum absolute atomic E-state index is 11.7. The van der Waals surface area contributed by atoms with Gasteiger partial charge < -0.3 is 10.4 Å². The summed E-state index contributed by atoms with van der Waals surface area (Å²) < 4.78 is 0. The first-order valence-corrected chi connectivity index (χ1v) is 5.15. The molecule has 0 spiro atoms. The topological polar surface area (TPSA) is 69.6 Å². The minimum Gasteiger partial charge on any atom is -0.481 e. The van der Waals surface area contributed by atoms with Crippen molar-refractivity contribution >= 4 is 11.9 Å². The number of hydrogen-bond acceptors (Lipinski definition) is 3. The normalized spacial score (nSPS) is 26.9. The van der Waals surface area contributed by atoms with Gasteiger partial charge in [-0.2, -0.15) is 0 Å². The van der Waals surface area contributed by atoms with Gasteiger partial charge >= 0.3 is 5.97 Å². The monoisotopic (exact) mass is 214 g/mol. The molecular formula is C10H18N2O3. The van der Waals surface area contributed by atoms with Gasteiger partial charge in [0.25, 0.3) is 0 Å².